The first-order chi connectivity index (χ1) is 12.9. The van der Waals surface area contributed by atoms with Gasteiger partial charge in [0.1, 0.15) is 18.8 Å². The molecule has 1 N–H and O–H groups in total. The third-order valence-corrected chi connectivity index (χ3v) is 4.48. The SMILES string of the molecule is O=C(OCC1OC(O)CC1OC(=O)c1ccc(Cl)cc1)c1ccc(Cl)cc1. The largest absolute Gasteiger partial charge is 0.459 e. The summed E-state index contributed by atoms with van der Waals surface area (Å²) < 4.78 is 15.9. The molecule has 0 aliphatic carbocycles. The number of carbonyl (C=O) groups is 2. The molecular weight excluding hydrogens is 395 g/mol. The second kappa shape index (κ2) is 8.71. The summed E-state index contributed by atoms with van der Waals surface area (Å²) in [6.07, 6.45) is -2.54. The van der Waals surface area contributed by atoms with Crippen LogP contribution in [-0.4, -0.2) is 42.1 Å². The second-order valence-electron chi connectivity index (χ2n) is 5.92. The molecule has 0 bridgehead atoms. The van der Waals surface area contributed by atoms with Crippen molar-refractivity contribution in [3.05, 3.63) is 69.7 Å². The minimum absolute atomic E-state index is 0.0858. The van der Waals surface area contributed by atoms with Crippen molar-refractivity contribution in [2.45, 2.75) is 24.9 Å². The van der Waals surface area contributed by atoms with Gasteiger partial charge in [-0.05, 0) is 48.5 Å². The molecule has 1 aliphatic rings. The summed E-state index contributed by atoms with van der Waals surface area (Å²) in [4.78, 5) is 24.3. The van der Waals surface area contributed by atoms with E-state index >= 15 is 0 Å². The molecule has 0 aromatic heterocycles. The summed E-state index contributed by atoms with van der Waals surface area (Å²) in [6.45, 7) is -0.170. The minimum Gasteiger partial charge on any atom is -0.459 e. The van der Waals surface area contributed by atoms with Crippen LogP contribution >= 0.6 is 23.2 Å². The third kappa shape index (κ3) is 5.20. The highest BCUT2D eigenvalue weighted by molar-refractivity contribution is 6.30. The quantitative estimate of drug-likeness (QED) is 0.759. The molecule has 142 valence electrons. The Morgan fingerprint density at radius 1 is 0.963 bits per heavy atom. The standard InChI is InChI=1S/C19H16Cl2O6/c20-13-5-1-11(2-6-13)18(23)25-10-16-15(9-17(22)26-16)27-19(24)12-3-7-14(21)8-4-12/h1-8,15-17,22H,9-10H2. The lowest BCUT2D eigenvalue weighted by Crippen LogP contribution is -2.32. The summed E-state index contributed by atoms with van der Waals surface area (Å²) >= 11 is 11.6. The van der Waals surface area contributed by atoms with Crippen LogP contribution in [0.5, 0.6) is 0 Å². The smallest absolute Gasteiger partial charge is 0.338 e. The first kappa shape index (κ1) is 19.6. The zero-order valence-corrected chi connectivity index (χ0v) is 15.5. The van der Waals surface area contributed by atoms with E-state index in [1.807, 2.05) is 0 Å². The molecule has 1 saturated heterocycles. The van der Waals surface area contributed by atoms with Crippen LogP contribution in [0.4, 0.5) is 0 Å². The van der Waals surface area contributed by atoms with E-state index in [2.05, 4.69) is 0 Å². The highest BCUT2D eigenvalue weighted by Gasteiger charge is 2.38. The molecule has 3 atom stereocenters. The molecule has 2 aromatic rings. The number of benzene rings is 2. The Labute approximate surface area is 165 Å². The number of esters is 2. The molecule has 3 rings (SSSR count). The molecule has 3 unspecified atom stereocenters. The molecule has 0 saturated carbocycles. The van der Waals surface area contributed by atoms with E-state index in [1.54, 1.807) is 24.3 Å². The molecule has 1 aliphatic heterocycles. The number of carbonyl (C=O) groups excluding carboxylic acids is 2. The number of hydrogen-bond donors (Lipinski definition) is 1. The number of aliphatic hydroxyl groups excluding tert-OH is 1. The average Bonchev–Trinajstić information content (AvgIpc) is 3.00. The Kier molecular flexibility index (Phi) is 6.34. The Morgan fingerprint density at radius 2 is 1.48 bits per heavy atom. The Morgan fingerprint density at radius 3 is 2.04 bits per heavy atom. The lowest BCUT2D eigenvalue weighted by Gasteiger charge is -2.18. The molecule has 1 fully saturated rings. The monoisotopic (exact) mass is 410 g/mol. The van der Waals surface area contributed by atoms with E-state index in [0.717, 1.165) is 0 Å². The normalized spacial score (nSPS) is 21.7. The molecular formula is C19H16Cl2O6. The molecule has 0 spiro atoms. The van der Waals surface area contributed by atoms with Gasteiger partial charge >= 0.3 is 11.9 Å². The van der Waals surface area contributed by atoms with E-state index in [0.29, 0.717) is 21.2 Å². The Hall–Kier alpha value is -2.12. The van der Waals surface area contributed by atoms with Gasteiger partial charge in [0, 0.05) is 16.5 Å². The zero-order chi connectivity index (χ0) is 19.4. The summed E-state index contributed by atoms with van der Waals surface area (Å²) in [6, 6.07) is 12.4. The molecule has 1 heterocycles. The number of halogens is 2. The zero-order valence-electron chi connectivity index (χ0n) is 14.0. The van der Waals surface area contributed by atoms with Crippen LogP contribution in [-0.2, 0) is 14.2 Å². The highest BCUT2D eigenvalue weighted by Crippen LogP contribution is 2.24. The van der Waals surface area contributed by atoms with Crippen molar-refractivity contribution in [2.75, 3.05) is 6.61 Å². The number of aliphatic hydroxyl groups is 1. The average molecular weight is 411 g/mol. The fraction of sp³-hybridized carbons (Fsp3) is 0.263. The minimum atomic E-state index is -1.10. The summed E-state index contributed by atoms with van der Waals surface area (Å²) in [5, 5.41) is 10.7. The molecule has 6 nitrogen and oxygen atoms in total. The third-order valence-electron chi connectivity index (χ3n) is 3.98. The highest BCUT2D eigenvalue weighted by atomic mass is 35.5. The van der Waals surface area contributed by atoms with Crippen molar-refractivity contribution in [3.63, 3.8) is 0 Å². The molecule has 27 heavy (non-hydrogen) atoms. The van der Waals surface area contributed by atoms with Gasteiger partial charge in [-0.25, -0.2) is 9.59 Å². The van der Waals surface area contributed by atoms with Gasteiger partial charge in [0.05, 0.1) is 11.1 Å². The van der Waals surface area contributed by atoms with Gasteiger partial charge in [-0.2, -0.15) is 0 Å². The van der Waals surface area contributed by atoms with E-state index in [4.69, 9.17) is 37.4 Å². The van der Waals surface area contributed by atoms with Gasteiger partial charge in [-0.15, -0.1) is 0 Å². The molecule has 2 aromatic carbocycles. The van der Waals surface area contributed by atoms with Crippen molar-refractivity contribution < 1.29 is 28.9 Å². The van der Waals surface area contributed by atoms with Crippen LogP contribution in [0.2, 0.25) is 10.0 Å². The first-order valence-electron chi connectivity index (χ1n) is 8.15. The van der Waals surface area contributed by atoms with E-state index in [1.165, 1.54) is 24.3 Å². The lowest BCUT2D eigenvalue weighted by atomic mass is 10.1. The second-order valence-corrected chi connectivity index (χ2v) is 6.79. The number of hydrogen-bond acceptors (Lipinski definition) is 6. The van der Waals surface area contributed by atoms with Crippen LogP contribution in [0, 0.1) is 0 Å². The van der Waals surface area contributed by atoms with Gasteiger partial charge in [-0.1, -0.05) is 23.2 Å². The fourth-order valence-electron chi connectivity index (χ4n) is 2.58. The fourth-order valence-corrected chi connectivity index (χ4v) is 2.84. The van der Waals surface area contributed by atoms with Crippen LogP contribution in [0.3, 0.4) is 0 Å². The summed E-state index contributed by atoms with van der Waals surface area (Å²) in [5.74, 6) is -1.15. The van der Waals surface area contributed by atoms with Gasteiger partial charge < -0.3 is 19.3 Å². The van der Waals surface area contributed by atoms with Crippen LogP contribution < -0.4 is 0 Å². The van der Waals surface area contributed by atoms with Crippen molar-refractivity contribution in [2.24, 2.45) is 0 Å². The van der Waals surface area contributed by atoms with Gasteiger partial charge in [0.15, 0.2) is 6.29 Å². The van der Waals surface area contributed by atoms with E-state index < -0.39 is 30.4 Å². The maximum atomic E-state index is 12.2. The molecule has 0 amide bonds. The van der Waals surface area contributed by atoms with Gasteiger partial charge in [-0.3, -0.25) is 0 Å². The van der Waals surface area contributed by atoms with Crippen LogP contribution in [0.25, 0.3) is 0 Å². The first-order valence-corrected chi connectivity index (χ1v) is 8.91. The van der Waals surface area contributed by atoms with Crippen LogP contribution in [0.1, 0.15) is 27.1 Å². The Bertz CT molecular complexity index is 806. The van der Waals surface area contributed by atoms with Crippen molar-refractivity contribution >= 4 is 35.1 Å². The predicted octanol–water partition coefficient (Wildman–Crippen LogP) is 3.48. The van der Waals surface area contributed by atoms with Gasteiger partial charge in [0.25, 0.3) is 0 Å². The van der Waals surface area contributed by atoms with Crippen molar-refractivity contribution in [1.29, 1.82) is 0 Å². The van der Waals surface area contributed by atoms with E-state index in [-0.39, 0.29) is 13.0 Å². The number of ether oxygens (including phenoxy) is 3. The van der Waals surface area contributed by atoms with Crippen molar-refractivity contribution in [1.82, 2.24) is 0 Å². The predicted molar refractivity (Wildman–Crippen MR) is 97.9 cm³/mol. The van der Waals surface area contributed by atoms with Gasteiger partial charge in [0.2, 0.25) is 0 Å². The summed E-state index contributed by atoms with van der Waals surface area (Å²) in [5.41, 5.74) is 0.644. The molecule has 8 heteroatoms. The topological polar surface area (TPSA) is 82.1 Å². The van der Waals surface area contributed by atoms with Crippen LogP contribution in [0.15, 0.2) is 48.5 Å². The number of rotatable bonds is 5. The maximum absolute atomic E-state index is 12.2. The maximum Gasteiger partial charge on any atom is 0.338 e. The Balaban J connectivity index is 1.58. The lowest BCUT2D eigenvalue weighted by molar-refractivity contribution is -0.110. The van der Waals surface area contributed by atoms with E-state index in [9.17, 15) is 14.7 Å². The van der Waals surface area contributed by atoms with Crippen molar-refractivity contribution in [3.8, 4) is 0 Å². The summed E-state index contributed by atoms with van der Waals surface area (Å²) in [7, 11) is 0. The molecule has 0 radical (unpaired) electrons.